The first-order valence-electron chi connectivity index (χ1n) is 7.23. The van der Waals surface area contributed by atoms with Gasteiger partial charge in [-0.2, -0.15) is 15.0 Å². The third-order valence-electron chi connectivity index (χ3n) is 3.76. The Hall–Kier alpha value is -1.63. The molecule has 1 aliphatic heterocycles. The number of nitrogens with zero attached hydrogens (tertiary/aromatic N) is 5. The van der Waals surface area contributed by atoms with E-state index in [2.05, 4.69) is 31.7 Å². The minimum Gasteiger partial charge on any atom is -0.464 e. The molecule has 7 heteroatoms. The Balaban J connectivity index is 2.07. The number of rotatable bonds is 5. The van der Waals surface area contributed by atoms with Crippen LogP contribution in [0.2, 0.25) is 0 Å². The van der Waals surface area contributed by atoms with E-state index in [-0.39, 0.29) is 5.95 Å². The van der Waals surface area contributed by atoms with Gasteiger partial charge in [-0.05, 0) is 26.3 Å². The van der Waals surface area contributed by atoms with Crippen LogP contribution in [-0.4, -0.2) is 59.2 Å². The van der Waals surface area contributed by atoms with E-state index in [1.54, 1.807) is 0 Å². The van der Waals surface area contributed by atoms with Crippen molar-refractivity contribution in [1.82, 2.24) is 19.9 Å². The summed E-state index contributed by atoms with van der Waals surface area (Å²) in [5, 5.41) is 0. The van der Waals surface area contributed by atoms with Crippen LogP contribution in [0.3, 0.4) is 0 Å². The highest BCUT2D eigenvalue weighted by molar-refractivity contribution is 5.36. The molecule has 1 fully saturated rings. The topological polar surface area (TPSA) is 80.4 Å². The molecule has 0 radical (unpaired) electrons. The zero-order chi connectivity index (χ0) is 14.5. The van der Waals surface area contributed by atoms with Crippen molar-refractivity contribution in [3.63, 3.8) is 0 Å². The largest absolute Gasteiger partial charge is 0.464 e. The van der Waals surface area contributed by atoms with E-state index in [4.69, 9.17) is 10.5 Å². The second kappa shape index (κ2) is 6.69. The number of piperidine rings is 1. The zero-order valence-corrected chi connectivity index (χ0v) is 12.5. The quantitative estimate of drug-likeness (QED) is 0.853. The number of hydrogen-bond acceptors (Lipinski definition) is 7. The second-order valence-corrected chi connectivity index (χ2v) is 4.99. The molecule has 2 N–H and O–H groups in total. The van der Waals surface area contributed by atoms with E-state index < -0.39 is 0 Å². The lowest BCUT2D eigenvalue weighted by Crippen LogP contribution is -2.44. The summed E-state index contributed by atoms with van der Waals surface area (Å²) in [6.07, 6.45) is 2.22. The van der Waals surface area contributed by atoms with Crippen LogP contribution in [0.1, 0.15) is 26.7 Å². The molecule has 1 aromatic heterocycles. The molecule has 1 saturated heterocycles. The van der Waals surface area contributed by atoms with Crippen LogP contribution < -0.4 is 15.4 Å². The molecule has 0 aromatic carbocycles. The average molecular weight is 280 g/mol. The smallest absolute Gasteiger partial charge is 0.323 e. The zero-order valence-electron chi connectivity index (χ0n) is 12.5. The first-order valence-corrected chi connectivity index (χ1v) is 7.23. The molecular formula is C13H24N6O. The highest BCUT2D eigenvalue weighted by Gasteiger charge is 2.24. The Morgan fingerprint density at radius 3 is 2.55 bits per heavy atom. The number of anilines is 2. The first-order chi connectivity index (χ1) is 9.63. The van der Waals surface area contributed by atoms with Gasteiger partial charge in [0.05, 0.1) is 6.61 Å². The number of nitrogens with two attached hydrogens (primary N) is 1. The highest BCUT2D eigenvalue weighted by Crippen LogP contribution is 2.20. The van der Waals surface area contributed by atoms with Crippen LogP contribution >= 0.6 is 0 Å². The minimum atomic E-state index is 0.205. The van der Waals surface area contributed by atoms with Gasteiger partial charge < -0.3 is 20.3 Å². The van der Waals surface area contributed by atoms with Crippen LogP contribution in [-0.2, 0) is 0 Å². The highest BCUT2D eigenvalue weighted by atomic mass is 16.5. The molecule has 2 rings (SSSR count). The standard InChI is InChI=1S/C13H24N6O/c1-4-19-8-6-10(7-9-19)18(3)12-15-11(14)16-13(17-12)20-5-2/h10H,4-9H2,1-3H3,(H2,14,15,16,17). The van der Waals surface area contributed by atoms with Crippen molar-refractivity contribution in [2.75, 3.05) is 43.9 Å². The first kappa shape index (κ1) is 14.8. The van der Waals surface area contributed by atoms with Gasteiger partial charge in [-0.1, -0.05) is 6.92 Å². The summed E-state index contributed by atoms with van der Waals surface area (Å²) in [5.74, 6) is 0.798. The molecule has 0 amide bonds. The normalized spacial score (nSPS) is 17.1. The molecule has 7 nitrogen and oxygen atoms in total. The van der Waals surface area contributed by atoms with E-state index >= 15 is 0 Å². The number of likely N-dealkylation sites (tertiary alicyclic amines) is 1. The van der Waals surface area contributed by atoms with Gasteiger partial charge in [-0.25, -0.2) is 0 Å². The van der Waals surface area contributed by atoms with Crippen molar-refractivity contribution in [1.29, 1.82) is 0 Å². The molecule has 0 aliphatic carbocycles. The van der Waals surface area contributed by atoms with Crippen molar-refractivity contribution >= 4 is 11.9 Å². The van der Waals surface area contributed by atoms with Crippen LogP contribution in [0.5, 0.6) is 6.01 Å². The summed E-state index contributed by atoms with van der Waals surface area (Å²) >= 11 is 0. The van der Waals surface area contributed by atoms with Gasteiger partial charge in [-0.3, -0.25) is 0 Å². The van der Waals surface area contributed by atoms with Gasteiger partial charge in [-0.15, -0.1) is 0 Å². The summed E-state index contributed by atoms with van der Waals surface area (Å²) < 4.78 is 5.32. The number of ether oxygens (including phenoxy) is 1. The lowest BCUT2D eigenvalue weighted by atomic mass is 10.0. The second-order valence-electron chi connectivity index (χ2n) is 4.99. The van der Waals surface area contributed by atoms with Crippen LogP contribution in [0.25, 0.3) is 0 Å². The number of nitrogen functional groups attached to an aromatic ring is 1. The molecule has 112 valence electrons. The molecule has 0 saturated carbocycles. The lowest BCUT2D eigenvalue weighted by molar-refractivity contribution is 0.220. The lowest BCUT2D eigenvalue weighted by Gasteiger charge is -2.36. The van der Waals surface area contributed by atoms with E-state index in [0.717, 1.165) is 32.5 Å². The van der Waals surface area contributed by atoms with Gasteiger partial charge in [0.25, 0.3) is 0 Å². The third-order valence-corrected chi connectivity index (χ3v) is 3.76. The van der Waals surface area contributed by atoms with E-state index in [1.165, 1.54) is 0 Å². The van der Waals surface area contributed by atoms with Gasteiger partial charge in [0.1, 0.15) is 0 Å². The molecule has 2 heterocycles. The van der Waals surface area contributed by atoms with E-state index in [1.807, 2.05) is 14.0 Å². The Kier molecular flexibility index (Phi) is 4.94. The van der Waals surface area contributed by atoms with Crippen molar-refractivity contribution in [3.05, 3.63) is 0 Å². The van der Waals surface area contributed by atoms with Crippen LogP contribution in [0.4, 0.5) is 11.9 Å². The summed E-state index contributed by atoms with van der Waals surface area (Å²) in [6.45, 7) is 7.95. The van der Waals surface area contributed by atoms with E-state index in [0.29, 0.717) is 24.6 Å². The molecular weight excluding hydrogens is 256 g/mol. The maximum absolute atomic E-state index is 5.72. The maximum atomic E-state index is 5.72. The van der Waals surface area contributed by atoms with E-state index in [9.17, 15) is 0 Å². The monoisotopic (exact) mass is 280 g/mol. The van der Waals surface area contributed by atoms with Gasteiger partial charge in [0.15, 0.2) is 0 Å². The summed E-state index contributed by atoms with van der Waals surface area (Å²) in [6, 6.07) is 0.738. The fourth-order valence-electron chi connectivity index (χ4n) is 2.50. The van der Waals surface area contributed by atoms with Gasteiger partial charge in [0, 0.05) is 26.2 Å². The van der Waals surface area contributed by atoms with Crippen molar-refractivity contribution in [2.24, 2.45) is 0 Å². The molecule has 0 unspecified atom stereocenters. The number of hydrogen-bond donors (Lipinski definition) is 1. The van der Waals surface area contributed by atoms with Crippen molar-refractivity contribution in [3.8, 4) is 6.01 Å². The molecule has 0 atom stereocenters. The minimum absolute atomic E-state index is 0.205. The summed E-state index contributed by atoms with van der Waals surface area (Å²) in [5.41, 5.74) is 5.72. The predicted octanol–water partition coefficient (Wildman–Crippen LogP) is 0.773. The predicted molar refractivity (Wildman–Crippen MR) is 78.9 cm³/mol. The molecule has 1 aliphatic rings. The Labute approximate surface area is 120 Å². The fourth-order valence-corrected chi connectivity index (χ4v) is 2.50. The molecule has 1 aromatic rings. The van der Waals surface area contributed by atoms with Crippen molar-refractivity contribution < 1.29 is 4.74 Å². The van der Waals surface area contributed by atoms with Gasteiger partial charge in [0.2, 0.25) is 11.9 Å². The molecule has 20 heavy (non-hydrogen) atoms. The fraction of sp³-hybridized carbons (Fsp3) is 0.769. The summed E-state index contributed by atoms with van der Waals surface area (Å²) in [7, 11) is 2.01. The average Bonchev–Trinajstić information content (AvgIpc) is 2.46. The molecule has 0 bridgehead atoms. The Morgan fingerprint density at radius 2 is 1.95 bits per heavy atom. The number of aromatic nitrogens is 3. The van der Waals surface area contributed by atoms with Crippen LogP contribution in [0, 0.1) is 0 Å². The van der Waals surface area contributed by atoms with Crippen LogP contribution in [0.15, 0.2) is 0 Å². The SMILES string of the molecule is CCOc1nc(N)nc(N(C)C2CCN(CC)CC2)n1. The molecule has 0 spiro atoms. The van der Waals surface area contributed by atoms with Gasteiger partial charge >= 0.3 is 6.01 Å². The Morgan fingerprint density at radius 1 is 1.25 bits per heavy atom. The maximum Gasteiger partial charge on any atom is 0.323 e. The van der Waals surface area contributed by atoms with Crippen molar-refractivity contribution in [2.45, 2.75) is 32.7 Å². The summed E-state index contributed by atoms with van der Waals surface area (Å²) in [4.78, 5) is 17.1. The third kappa shape index (κ3) is 3.47. The Bertz CT molecular complexity index is 433.